The van der Waals surface area contributed by atoms with Crippen molar-refractivity contribution in [1.29, 1.82) is 0 Å². The number of aliphatic imine (C=N–C) groups is 1. The molecular formula is C26H30FN5O. The average Bonchev–Trinajstić information content (AvgIpc) is 3.55. The normalized spacial score (nSPS) is 21.1. The van der Waals surface area contributed by atoms with E-state index in [-0.39, 0.29) is 17.8 Å². The van der Waals surface area contributed by atoms with Crippen molar-refractivity contribution in [2.45, 2.75) is 52.0 Å². The summed E-state index contributed by atoms with van der Waals surface area (Å²) in [5.74, 6) is 2.93. The number of piperazine rings is 1. The molecule has 1 atom stereocenters. The van der Waals surface area contributed by atoms with Gasteiger partial charge in [-0.05, 0) is 67.9 Å². The van der Waals surface area contributed by atoms with Crippen molar-refractivity contribution in [2.75, 3.05) is 13.6 Å². The van der Waals surface area contributed by atoms with Crippen LogP contribution in [0, 0.1) is 11.7 Å². The zero-order valence-corrected chi connectivity index (χ0v) is 19.5. The Morgan fingerprint density at radius 1 is 1.15 bits per heavy atom. The Labute approximate surface area is 194 Å². The second-order valence-corrected chi connectivity index (χ2v) is 9.05. The molecule has 3 heterocycles. The molecule has 0 unspecified atom stereocenters. The lowest BCUT2D eigenvalue weighted by Crippen LogP contribution is -2.57. The second kappa shape index (κ2) is 8.61. The fourth-order valence-electron chi connectivity index (χ4n) is 4.76. The Morgan fingerprint density at radius 2 is 1.91 bits per heavy atom. The first-order valence-corrected chi connectivity index (χ1v) is 11.9. The number of fused-ring (bicyclic) bond motifs is 1. The Hall–Kier alpha value is -3.22. The van der Waals surface area contributed by atoms with Crippen LogP contribution in [0.1, 0.15) is 46.0 Å². The summed E-state index contributed by atoms with van der Waals surface area (Å²) in [6.45, 7) is 5.06. The highest BCUT2D eigenvalue weighted by Gasteiger charge is 2.41. The Bertz CT molecular complexity index is 1160. The summed E-state index contributed by atoms with van der Waals surface area (Å²) in [5.41, 5.74) is 2.89. The maximum Gasteiger partial charge on any atom is 0.249 e. The van der Waals surface area contributed by atoms with Gasteiger partial charge in [-0.25, -0.2) is 14.4 Å². The maximum absolute atomic E-state index is 13.5. The third-order valence-electron chi connectivity index (χ3n) is 6.86. The van der Waals surface area contributed by atoms with E-state index in [1.54, 1.807) is 23.2 Å². The number of likely N-dealkylation sites (N-methyl/N-ethyl adjacent to an activating group) is 1. The minimum absolute atomic E-state index is 0.138. The van der Waals surface area contributed by atoms with Gasteiger partial charge in [-0.3, -0.25) is 9.36 Å². The van der Waals surface area contributed by atoms with Gasteiger partial charge >= 0.3 is 0 Å². The van der Waals surface area contributed by atoms with Crippen LogP contribution in [0.4, 0.5) is 4.39 Å². The number of hydrogen-bond acceptors (Lipinski definition) is 4. The van der Waals surface area contributed by atoms with Crippen molar-refractivity contribution in [2.24, 2.45) is 10.9 Å². The first-order valence-electron chi connectivity index (χ1n) is 11.9. The predicted molar refractivity (Wildman–Crippen MR) is 128 cm³/mol. The number of benzene rings is 1. The van der Waals surface area contributed by atoms with E-state index in [2.05, 4.69) is 29.8 Å². The summed E-state index contributed by atoms with van der Waals surface area (Å²) in [5, 5.41) is 0. The highest BCUT2D eigenvalue weighted by molar-refractivity contribution is 6.09. The molecule has 0 radical (unpaired) electrons. The zero-order chi connectivity index (χ0) is 23.1. The molecular weight excluding hydrogens is 417 g/mol. The van der Waals surface area contributed by atoms with Gasteiger partial charge < -0.3 is 9.80 Å². The molecule has 0 bridgehead atoms. The summed E-state index contributed by atoms with van der Waals surface area (Å²) in [4.78, 5) is 27.0. The number of allylic oxidation sites excluding steroid dienone is 2. The van der Waals surface area contributed by atoms with E-state index < -0.39 is 0 Å². The van der Waals surface area contributed by atoms with Crippen molar-refractivity contribution in [1.82, 2.24) is 19.4 Å². The van der Waals surface area contributed by atoms with Crippen LogP contribution in [-0.2, 0) is 4.79 Å². The molecule has 1 saturated carbocycles. The summed E-state index contributed by atoms with van der Waals surface area (Å²) in [7, 11) is 1.86. The third-order valence-corrected chi connectivity index (χ3v) is 6.86. The van der Waals surface area contributed by atoms with E-state index in [0.29, 0.717) is 12.3 Å². The quantitative estimate of drug-likeness (QED) is 0.632. The lowest BCUT2D eigenvalue weighted by Gasteiger charge is -2.42. The Kier molecular flexibility index (Phi) is 5.64. The van der Waals surface area contributed by atoms with Crippen LogP contribution < -0.4 is 0 Å². The van der Waals surface area contributed by atoms with Crippen LogP contribution in [0.2, 0.25) is 0 Å². The van der Waals surface area contributed by atoms with Crippen LogP contribution in [0.3, 0.4) is 0 Å². The molecule has 172 valence electrons. The van der Waals surface area contributed by atoms with Gasteiger partial charge in [-0.1, -0.05) is 19.9 Å². The lowest BCUT2D eigenvalue weighted by molar-refractivity contribution is -0.133. The van der Waals surface area contributed by atoms with Crippen LogP contribution in [0.25, 0.3) is 17.2 Å². The maximum atomic E-state index is 13.5. The second-order valence-electron chi connectivity index (χ2n) is 9.05. The molecule has 1 aromatic carbocycles. The van der Waals surface area contributed by atoms with Crippen molar-refractivity contribution >= 4 is 17.6 Å². The summed E-state index contributed by atoms with van der Waals surface area (Å²) in [6, 6.07) is 6.19. The largest absolute Gasteiger partial charge is 0.343 e. The molecule has 0 spiro atoms. The number of carbonyl (C=O) groups is 1. The monoisotopic (exact) mass is 447 g/mol. The van der Waals surface area contributed by atoms with Gasteiger partial charge in [0.05, 0.1) is 5.70 Å². The number of rotatable bonds is 6. The molecule has 1 amide bonds. The molecule has 5 rings (SSSR count). The molecule has 1 saturated heterocycles. The SMILES string of the molecule is CCC1=C(n2ccnc2-c2ccc(F)cc2)N=C2C(=CC1)N(C)C(=O)[C@@H](CC)N2CC1CC1. The smallest absolute Gasteiger partial charge is 0.249 e. The highest BCUT2D eigenvalue weighted by atomic mass is 19.1. The molecule has 6 nitrogen and oxygen atoms in total. The molecule has 0 N–H and O–H groups in total. The minimum atomic E-state index is -0.273. The molecule has 2 aromatic rings. The van der Waals surface area contributed by atoms with Crippen LogP contribution in [0.5, 0.6) is 0 Å². The van der Waals surface area contributed by atoms with Crippen molar-refractivity contribution < 1.29 is 9.18 Å². The fraction of sp³-hybridized carbons (Fsp3) is 0.423. The number of amidine groups is 1. The van der Waals surface area contributed by atoms with E-state index in [9.17, 15) is 9.18 Å². The highest BCUT2D eigenvalue weighted by Crippen LogP contribution is 2.36. The first-order chi connectivity index (χ1) is 16.0. The van der Waals surface area contributed by atoms with Gasteiger partial charge in [-0.15, -0.1) is 0 Å². The van der Waals surface area contributed by atoms with Crippen molar-refractivity contribution in [3.05, 3.63) is 59.8 Å². The molecule has 1 aliphatic carbocycles. The zero-order valence-electron chi connectivity index (χ0n) is 19.5. The Morgan fingerprint density at radius 3 is 2.58 bits per heavy atom. The van der Waals surface area contributed by atoms with Gasteiger partial charge in [-0.2, -0.15) is 0 Å². The number of halogens is 1. The van der Waals surface area contributed by atoms with E-state index in [1.807, 2.05) is 17.8 Å². The van der Waals surface area contributed by atoms with E-state index in [4.69, 9.17) is 4.99 Å². The van der Waals surface area contributed by atoms with Gasteiger partial charge in [0.2, 0.25) is 5.91 Å². The molecule has 2 aliphatic heterocycles. The van der Waals surface area contributed by atoms with Gasteiger partial charge in [0.1, 0.15) is 23.5 Å². The third kappa shape index (κ3) is 3.90. The molecule has 3 aliphatic rings. The summed E-state index contributed by atoms with van der Waals surface area (Å²) in [6.07, 6.45) is 10.5. The predicted octanol–water partition coefficient (Wildman–Crippen LogP) is 4.92. The average molecular weight is 448 g/mol. The number of nitrogens with zero attached hydrogens (tertiary/aromatic N) is 5. The standard InChI is InChI=1S/C26H30FN5O/c1-4-18-10-13-22-25(32(16-17-6-7-17)21(5-2)26(33)30(22)3)29-24(18)31-15-14-28-23(31)19-8-11-20(27)12-9-19/h8-9,11-15,17,21H,4-7,10,16H2,1-3H3/t21-/m1/s1. The Balaban J connectivity index is 1.64. The van der Waals surface area contributed by atoms with Crippen LogP contribution in [-0.4, -0.2) is 50.7 Å². The summed E-state index contributed by atoms with van der Waals surface area (Å²) < 4.78 is 15.5. The van der Waals surface area contributed by atoms with Gasteiger partial charge in [0.25, 0.3) is 0 Å². The minimum Gasteiger partial charge on any atom is -0.343 e. The number of aromatic nitrogens is 2. The number of hydrogen-bond donors (Lipinski definition) is 0. The number of imidazole rings is 1. The van der Waals surface area contributed by atoms with E-state index in [0.717, 1.165) is 48.1 Å². The van der Waals surface area contributed by atoms with Gasteiger partial charge in [0, 0.05) is 31.5 Å². The number of amides is 1. The summed E-state index contributed by atoms with van der Waals surface area (Å²) >= 11 is 0. The first kappa shape index (κ1) is 21.6. The van der Waals surface area contributed by atoms with E-state index >= 15 is 0 Å². The molecule has 1 aromatic heterocycles. The lowest BCUT2D eigenvalue weighted by atomic mass is 10.0. The van der Waals surface area contributed by atoms with Gasteiger partial charge in [0.15, 0.2) is 5.84 Å². The van der Waals surface area contributed by atoms with Crippen molar-refractivity contribution in [3.8, 4) is 11.4 Å². The van der Waals surface area contributed by atoms with Crippen molar-refractivity contribution in [3.63, 3.8) is 0 Å². The van der Waals surface area contributed by atoms with Crippen LogP contribution in [0.15, 0.2) is 59.0 Å². The van der Waals surface area contributed by atoms with Crippen LogP contribution >= 0.6 is 0 Å². The topological polar surface area (TPSA) is 53.7 Å². The fourth-order valence-corrected chi connectivity index (χ4v) is 4.76. The van der Waals surface area contributed by atoms with E-state index in [1.165, 1.54) is 30.5 Å². The number of carbonyl (C=O) groups excluding carboxylic acids is 1. The molecule has 2 fully saturated rings. The molecule has 7 heteroatoms. The molecule has 33 heavy (non-hydrogen) atoms.